The molecule has 1 heterocycles. The molecule has 0 saturated carbocycles. The van der Waals surface area contributed by atoms with Crippen molar-refractivity contribution in [1.29, 1.82) is 5.26 Å². The van der Waals surface area contributed by atoms with E-state index in [9.17, 15) is 4.39 Å². The van der Waals surface area contributed by atoms with Gasteiger partial charge in [-0.25, -0.2) is 9.37 Å². The zero-order chi connectivity index (χ0) is 11.4. The van der Waals surface area contributed by atoms with Gasteiger partial charge in [0.05, 0.1) is 17.0 Å². The molecular formula is C10H11ClFN3. The van der Waals surface area contributed by atoms with Crippen LogP contribution < -0.4 is 4.90 Å². The topological polar surface area (TPSA) is 39.9 Å². The van der Waals surface area contributed by atoms with Crippen LogP contribution in [0.3, 0.4) is 0 Å². The fourth-order valence-electron chi connectivity index (χ4n) is 1.23. The van der Waals surface area contributed by atoms with E-state index in [4.69, 9.17) is 16.9 Å². The Hall–Kier alpha value is -1.34. The monoisotopic (exact) mass is 227 g/mol. The van der Waals surface area contributed by atoms with Crippen molar-refractivity contribution in [2.24, 2.45) is 5.92 Å². The van der Waals surface area contributed by atoms with Crippen molar-refractivity contribution in [3.8, 4) is 6.07 Å². The smallest absolute Gasteiger partial charge is 0.167 e. The first-order valence-corrected chi connectivity index (χ1v) is 4.84. The van der Waals surface area contributed by atoms with Gasteiger partial charge in [-0.3, -0.25) is 0 Å². The Morgan fingerprint density at radius 1 is 1.73 bits per heavy atom. The third kappa shape index (κ3) is 3.07. The Bertz CT molecular complexity index is 389. The molecule has 0 spiro atoms. The van der Waals surface area contributed by atoms with Crippen molar-refractivity contribution in [3.63, 3.8) is 0 Å². The average molecular weight is 228 g/mol. The molecule has 0 N–H and O–H groups in total. The van der Waals surface area contributed by atoms with E-state index in [1.807, 2.05) is 0 Å². The second-order valence-electron chi connectivity index (χ2n) is 3.37. The van der Waals surface area contributed by atoms with Crippen LogP contribution in [-0.2, 0) is 0 Å². The summed E-state index contributed by atoms with van der Waals surface area (Å²) in [5.74, 6) is -0.441. The normalized spacial score (nSPS) is 11.9. The second-order valence-corrected chi connectivity index (χ2v) is 3.81. The summed E-state index contributed by atoms with van der Waals surface area (Å²) in [5, 5.41) is 8.89. The van der Waals surface area contributed by atoms with Crippen LogP contribution in [0.5, 0.6) is 0 Å². The fourth-order valence-corrected chi connectivity index (χ4v) is 1.37. The minimum atomic E-state index is -0.477. The molecule has 1 rings (SSSR count). The lowest BCUT2D eigenvalue weighted by Crippen LogP contribution is -2.25. The van der Waals surface area contributed by atoms with Gasteiger partial charge < -0.3 is 4.90 Å². The summed E-state index contributed by atoms with van der Waals surface area (Å²) in [6.07, 6.45) is 1.38. The van der Waals surface area contributed by atoms with Crippen LogP contribution in [0.4, 0.5) is 10.2 Å². The average Bonchev–Trinajstić information content (AvgIpc) is 2.17. The van der Waals surface area contributed by atoms with Gasteiger partial charge in [0.25, 0.3) is 0 Å². The van der Waals surface area contributed by atoms with Crippen LogP contribution in [0.15, 0.2) is 12.3 Å². The standard InChI is InChI=1S/C10H11ClFN3/c1-7(4-13)6-15(2)10-9(12)3-8(11)5-14-10/h3,5,7H,6H2,1-2H3. The van der Waals surface area contributed by atoms with Crippen molar-refractivity contribution < 1.29 is 4.39 Å². The van der Waals surface area contributed by atoms with Gasteiger partial charge in [0.1, 0.15) is 0 Å². The lowest BCUT2D eigenvalue weighted by molar-refractivity contribution is 0.607. The number of rotatable bonds is 3. The molecule has 1 atom stereocenters. The molecule has 0 amide bonds. The Labute approximate surface area is 93.1 Å². The van der Waals surface area contributed by atoms with Crippen molar-refractivity contribution in [2.75, 3.05) is 18.5 Å². The molecule has 0 fully saturated rings. The predicted molar refractivity (Wildman–Crippen MR) is 57.3 cm³/mol. The fraction of sp³-hybridized carbons (Fsp3) is 0.400. The number of aromatic nitrogens is 1. The van der Waals surface area contributed by atoms with Crippen molar-refractivity contribution in [1.82, 2.24) is 4.98 Å². The van der Waals surface area contributed by atoms with Crippen molar-refractivity contribution >= 4 is 17.4 Å². The summed E-state index contributed by atoms with van der Waals surface area (Å²) in [6.45, 7) is 2.20. The minimum Gasteiger partial charge on any atom is -0.356 e. The van der Waals surface area contributed by atoms with Gasteiger partial charge in [0.2, 0.25) is 0 Å². The molecule has 80 valence electrons. The van der Waals surface area contributed by atoms with Crippen LogP contribution in [0.1, 0.15) is 6.92 Å². The van der Waals surface area contributed by atoms with E-state index in [1.165, 1.54) is 12.3 Å². The van der Waals surface area contributed by atoms with E-state index in [0.717, 1.165) is 0 Å². The highest BCUT2D eigenvalue weighted by Crippen LogP contribution is 2.19. The number of hydrogen-bond acceptors (Lipinski definition) is 3. The first-order chi connectivity index (χ1) is 7.04. The van der Waals surface area contributed by atoms with Crippen LogP contribution >= 0.6 is 11.6 Å². The van der Waals surface area contributed by atoms with Gasteiger partial charge in [0, 0.05) is 19.8 Å². The van der Waals surface area contributed by atoms with Gasteiger partial charge in [-0.05, 0) is 13.0 Å². The Morgan fingerprint density at radius 3 is 2.93 bits per heavy atom. The van der Waals surface area contributed by atoms with E-state index < -0.39 is 5.82 Å². The zero-order valence-electron chi connectivity index (χ0n) is 8.54. The molecular weight excluding hydrogens is 217 g/mol. The molecule has 5 heteroatoms. The summed E-state index contributed by atoms with van der Waals surface area (Å²) in [7, 11) is 1.69. The Balaban J connectivity index is 2.83. The van der Waals surface area contributed by atoms with Gasteiger partial charge in [-0.15, -0.1) is 0 Å². The minimum absolute atomic E-state index is 0.174. The van der Waals surface area contributed by atoms with Gasteiger partial charge >= 0.3 is 0 Å². The van der Waals surface area contributed by atoms with Gasteiger partial charge in [0.15, 0.2) is 11.6 Å². The van der Waals surface area contributed by atoms with Crippen LogP contribution in [-0.4, -0.2) is 18.6 Å². The van der Waals surface area contributed by atoms with Gasteiger partial charge in [-0.2, -0.15) is 5.26 Å². The highest BCUT2D eigenvalue weighted by Gasteiger charge is 2.12. The van der Waals surface area contributed by atoms with E-state index in [0.29, 0.717) is 6.54 Å². The van der Waals surface area contributed by atoms with Crippen LogP contribution in [0.2, 0.25) is 5.02 Å². The maximum atomic E-state index is 13.4. The quantitative estimate of drug-likeness (QED) is 0.797. The second kappa shape index (κ2) is 4.94. The van der Waals surface area contributed by atoms with Crippen molar-refractivity contribution in [3.05, 3.63) is 23.1 Å². The molecule has 1 aromatic rings. The van der Waals surface area contributed by atoms with E-state index >= 15 is 0 Å². The highest BCUT2D eigenvalue weighted by atomic mass is 35.5. The van der Waals surface area contributed by atoms with Gasteiger partial charge in [-0.1, -0.05) is 11.6 Å². The summed E-state index contributed by atoms with van der Waals surface area (Å²) in [6, 6.07) is 3.28. The Kier molecular flexibility index (Phi) is 3.87. The summed E-state index contributed by atoms with van der Waals surface area (Å²) < 4.78 is 13.4. The SMILES string of the molecule is CC(C#N)CN(C)c1ncc(Cl)cc1F. The molecule has 0 radical (unpaired) electrons. The number of nitriles is 1. The van der Waals surface area contributed by atoms with Crippen molar-refractivity contribution in [2.45, 2.75) is 6.92 Å². The lowest BCUT2D eigenvalue weighted by Gasteiger charge is -2.19. The number of halogens is 2. The Morgan fingerprint density at radius 2 is 2.40 bits per heavy atom. The number of hydrogen-bond donors (Lipinski definition) is 0. The first kappa shape index (κ1) is 11.7. The number of pyridine rings is 1. The first-order valence-electron chi connectivity index (χ1n) is 4.46. The molecule has 0 aliphatic carbocycles. The lowest BCUT2D eigenvalue weighted by atomic mass is 10.2. The number of anilines is 1. The molecule has 0 aliphatic rings. The predicted octanol–water partition coefficient (Wildman–Crippen LogP) is 2.47. The molecule has 0 saturated heterocycles. The summed E-state index contributed by atoms with van der Waals surface area (Å²) in [5.41, 5.74) is 0. The third-order valence-electron chi connectivity index (χ3n) is 1.92. The van der Waals surface area contributed by atoms with E-state index in [-0.39, 0.29) is 16.8 Å². The van der Waals surface area contributed by atoms with Crippen LogP contribution in [0, 0.1) is 23.1 Å². The molecule has 0 aromatic carbocycles. The molecule has 0 aliphatic heterocycles. The van der Waals surface area contributed by atoms with E-state index in [1.54, 1.807) is 18.9 Å². The molecule has 3 nitrogen and oxygen atoms in total. The number of nitrogens with zero attached hydrogens (tertiary/aromatic N) is 3. The molecule has 1 aromatic heterocycles. The zero-order valence-corrected chi connectivity index (χ0v) is 9.29. The maximum absolute atomic E-state index is 13.4. The van der Waals surface area contributed by atoms with Crippen LogP contribution in [0.25, 0.3) is 0 Å². The molecule has 0 bridgehead atoms. The summed E-state index contributed by atoms with van der Waals surface area (Å²) in [4.78, 5) is 5.47. The maximum Gasteiger partial charge on any atom is 0.167 e. The van der Waals surface area contributed by atoms with E-state index in [2.05, 4.69) is 11.1 Å². The highest BCUT2D eigenvalue weighted by molar-refractivity contribution is 6.30. The third-order valence-corrected chi connectivity index (χ3v) is 2.12. The molecule has 15 heavy (non-hydrogen) atoms. The summed E-state index contributed by atoms with van der Waals surface area (Å²) >= 11 is 5.58. The largest absolute Gasteiger partial charge is 0.356 e. The molecule has 1 unspecified atom stereocenters.